The summed E-state index contributed by atoms with van der Waals surface area (Å²) in [6, 6.07) is 15.5. The van der Waals surface area contributed by atoms with Gasteiger partial charge in [0.2, 0.25) is 0 Å². The van der Waals surface area contributed by atoms with Crippen molar-refractivity contribution in [1.82, 2.24) is 15.4 Å². The summed E-state index contributed by atoms with van der Waals surface area (Å²) in [5.41, 5.74) is 6.30. The highest BCUT2D eigenvalue weighted by Gasteiger charge is 2.08. The molecule has 0 atom stereocenters. The molecule has 0 aliphatic rings. The number of thioether (sulfide) groups is 1. The molecule has 3 rings (SSSR count). The van der Waals surface area contributed by atoms with E-state index in [1.807, 2.05) is 32.0 Å². The maximum atomic E-state index is 12.3. The molecule has 0 aliphatic heterocycles. The molecule has 2 N–H and O–H groups in total. The first kappa shape index (κ1) is 21.2. The molecule has 0 fully saturated rings. The summed E-state index contributed by atoms with van der Waals surface area (Å²) in [6.07, 6.45) is 1.32. The van der Waals surface area contributed by atoms with Crippen molar-refractivity contribution in [2.45, 2.75) is 24.8 Å². The van der Waals surface area contributed by atoms with Crippen molar-refractivity contribution in [2.75, 3.05) is 0 Å². The number of carbonyl (C=O) groups is 2. The van der Waals surface area contributed by atoms with Crippen LogP contribution in [0, 0.1) is 13.8 Å². The van der Waals surface area contributed by atoms with Gasteiger partial charge in [-0.05, 0) is 43.7 Å². The third-order valence-electron chi connectivity index (χ3n) is 4.11. The molecule has 1 aromatic heterocycles. The number of aromatic nitrogens is 2. The first-order valence-electron chi connectivity index (χ1n) is 9.12. The molecule has 0 saturated carbocycles. The van der Waals surface area contributed by atoms with Gasteiger partial charge in [-0.2, -0.15) is 5.10 Å². The molecule has 0 aliphatic carbocycles. The molecule has 0 bridgehead atoms. The number of hydrazone groups is 1. The van der Waals surface area contributed by atoms with Crippen LogP contribution in [0.2, 0.25) is 0 Å². The van der Waals surface area contributed by atoms with E-state index in [0.717, 1.165) is 22.1 Å². The fourth-order valence-electron chi connectivity index (χ4n) is 2.69. The van der Waals surface area contributed by atoms with E-state index in [4.69, 9.17) is 5.11 Å². The molecule has 30 heavy (non-hydrogen) atoms. The fraction of sp³-hybridized carbons (Fsp3) is 0.136. The van der Waals surface area contributed by atoms with Crippen LogP contribution in [0.1, 0.15) is 43.2 Å². The summed E-state index contributed by atoms with van der Waals surface area (Å²) in [6.45, 7) is 3.88. The summed E-state index contributed by atoms with van der Waals surface area (Å²) < 4.78 is 0. The number of benzene rings is 2. The van der Waals surface area contributed by atoms with Crippen molar-refractivity contribution < 1.29 is 14.7 Å². The summed E-state index contributed by atoms with van der Waals surface area (Å²) in [5, 5.41) is 13.8. The zero-order valence-corrected chi connectivity index (χ0v) is 17.3. The highest BCUT2D eigenvalue weighted by Crippen LogP contribution is 2.20. The predicted molar refractivity (Wildman–Crippen MR) is 116 cm³/mol. The monoisotopic (exact) mass is 420 g/mol. The molecule has 3 aromatic rings. The van der Waals surface area contributed by atoms with E-state index in [1.165, 1.54) is 24.0 Å². The van der Waals surface area contributed by atoms with E-state index < -0.39 is 5.97 Å². The number of carboxylic acid groups (broad SMARTS) is 1. The van der Waals surface area contributed by atoms with Crippen LogP contribution in [0.4, 0.5) is 0 Å². The Kier molecular flexibility index (Phi) is 6.92. The van der Waals surface area contributed by atoms with E-state index in [1.54, 1.807) is 30.3 Å². The number of hydrogen-bond acceptors (Lipinski definition) is 6. The van der Waals surface area contributed by atoms with Crippen LogP contribution in [-0.4, -0.2) is 33.2 Å². The maximum Gasteiger partial charge on any atom is 0.336 e. The average Bonchev–Trinajstić information content (AvgIpc) is 2.72. The van der Waals surface area contributed by atoms with E-state index in [0.29, 0.717) is 16.9 Å². The summed E-state index contributed by atoms with van der Waals surface area (Å²) in [4.78, 5) is 32.3. The molecule has 152 valence electrons. The SMILES string of the molecule is Cc1cc(C)nc(SCc2ccc(C(=O)N/N=C\c3ccccc3C(=O)O)cc2)n1. The van der Waals surface area contributed by atoms with Crippen LogP contribution in [-0.2, 0) is 5.75 Å². The second kappa shape index (κ2) is 9.80. The van der Waals surface area contributed by atoms with Gasteiger partial charge in [-0.1, -0.05) is 42.1 Å². The first-order chi connectivity index (χ1) is 14.4. The lowest BCUT2D eigenvalue weighted by Gasteiger charge is -2.05. The number of amides is 1. The molecule has 1 amide bonds. The van der Waals surface area contributed by atoms with Crippen LogP contribution >= 0.6 is 11.8 Å². The van der Waals surface area contributed by atoms with Crippen molar-refractivity contribution >= 4 is 29.9 Å². The van der Waals surface area contributed by atoms with Crippen LogP contribution in [0.15, 0.2) is 64.9 Å². The highest BCUT2D eigenvalue weighted by atomic mass is 32.2. The van der Waals surface area contributed by atoms with Crippen LogP contribution < -0.4 is 5.43 Å². The lowest BCUT2D eigenvalue weighted by Crippen LogP contribution is -2.17. The predicted octanol–water partition coefficient (Wildman–Crippen LogP) is 3.85. The topological polar surface area (TPSA) is 105 Å². The fourth-order valence-corrected chi connectivity index (χ4v) is 3.59. The van der Waals surface area contributed by atoms with Gasteiger partial charge in [-0.25, -0.2) is 20.2 Å². The lowest BCUT2D eigenvalue weighted by molar-refractivity contribution is 0.0696. The van der Waals surface area contributed by atoms with Gasteiger partial charge in [-0.3, -0.25) is 4.79 Å². The Hall–Kier alpha value is -3.52. The van der Waals surface area contributed by atoms with Crippen molar-refractivity contribution in [1.29, 1.82) is 0 Å². The number of nitrogens with one attached hydrogen (secondary N) is 1. The van der Waals surface area contributed by atoms with Gasteiger partial charge in [0, 0.05) is 28.3 Å². The number of rotatable bonds is 7. The molecule has 1 heterocycles. The average molecular weight is 420 g/mol. The van der Waals surface area contributed by atoms with E-state index in [-0.39, 0.29) is 11.5 Å². The molecular weight excluding hydrogens is 400 g/mol. The number of hydrogen-bond donors (Lipinski definition) is 2. The van der Waals surface area contributed by atoms with Gasteiger partial charge in [0.25, 0.3) is 5.91 Å². The zero-order chi connectivity index (χ0) is 21.5. The molecule has 0 saturated heterocycles. The Bertz CT molecular complexity index is 1080. The van der Waals surface area contributed by atoms with Crippen LogP contribution in [0.25, 0.3) is 0 Å². The Morgan fingerprint density at radius 3 is 2.40 bits per heavy atom. The van der Waals surface area contributed by atoms with Gasteiger partial charge in [0.15, 0.2) is 5.16 Å². The van der Waals surface area contributed by atoms with E-state index in [2.05, 4.69) is 20.5 Å². The third kappa shape index (κ3) is 5.74. The van der Waals surface area contributed by atoms with Crippen LogP contribution in [0.3, 0.4) is 0 Å². The number of aryl methyl sites for hydroxylation is 2. The van der Waals surface area contributed by atoms with Crippen LogP contribution in [0.5, 0.6) is 0 Å². The molecule has 2 aromatic carbocycles. The largest absolute Gasteiger partial charge is 0.478 e. The maximum absolute atomic E-state index is 12.3. The Morgan fingerprint density at radius 1 is 1.07 bits per heavy atom. The van der Waals surface area contributed by atoms with Crippen molar-refractivity contribution in [3.63, 3.8) is 0 Å². The normalized spacial score (nSPS) is 10.9. The Morgan fingerprint density at radius 2 is 1.73 bits per heavy atom. The van der Waals surface area contributed by atoms with Gasteiger partial charge >= 0.3 is 5.97 Å². The minimum atomic E-state index is -1.05. The molecule has 8 heteroatoms. The highest BCUT2D eigenvalue weighted by molar-refractivity contribution is 7.98. The number of carboxylic acids is 1. The lowest BCUT2D eigenvalue weighted by atomic mass is 10.1. The smallest absolute Gasteiger partial charge is 0.336 e. The van der Waals surface area contributed by atoms with Gasteiger partial charge in [-0.15, -0.1) is 0 Å². The zero-order valence-electron chi connectivity index (χ0n) is 16.5. The molecule has 7 nitrogen and oxygen atoms in total. The first-order valence-corrected chi connectivity index (χ1v) is 10.1. The molecule has 0 unspecified atom stereocenters. The summed E-state index contributed by atoms with van der Waals surface area (Å²) in [5.74, 6) is -0.742. The number of aromatic carboxylic acids is 1. The second-order valence-corrected chi connectivity index (χ2v) is 7.45. The quantitative estimate of drug-likeness (QED) is 0.260. The molecular formula is C22H20N4O3S. The standard InChI is InChI=1S/C22H20N4O3S/c1-14-11-15(2)25-22(24-14)30-13-16-7-9-17(10-8-16)20(27)26-23-12-18-5-3-4-6-19(18)21(28)29/h3-12H,13H2,1-2H3,(H,26,27)(H,28,29)/b23-12-. The van der Waals surface area contributed by atoms with Crippen molar-refractivity contribution in [2.24, 2.45) is 5.10 Å². The van der Waals surface area contributed by atoms with Gasteiger partial charge < -0.3 is 5.11 Å². The van der Waals surface area contributed by atoms with Gasteiger partial charge in [0.05, 0.1) is 11.8 Å². The van der Waals surface area contributed by atoms with Crippen molar-refractivity contribution in [3.8, 4) is 0 Å². The second-order valence-electron chi connectivity index (χ2n) is 6.51. The third-order valence-corrected chi connectivity index (χ3v) is 5.03. The Labute approximate surface area is 178 Å². The molecule has 0 spiro atoms. The Balaban J connectivity index is 1.58. The molecule has 0 radical (unpaired) electrons. The minimum Gasteiger partial charge on any atom is -0.478 e. The van der Waals surface area contributed by atoms with Crippen molar-refractivity contribution in [3.05, 3.63) is 88.2 Å². The van der Waals surface area contributed by atoms with E-state index in [9.17, 15) is 9.59 Å². The number of nitrogens with zero attached hydrogens (tertiary/aromatic N) is 3. The summed E-state index contributed by atoms with van der Waals surface area (Å²) in [7, 11) is 0. The minimum absolute atomic E-state index is 0.116. The summed E-state index contributed by atoms with van der Waals surface area (Å²) >= 11 is 1.54. The van der Waals surface area contributed by atoms with Gasteiger partial charge in [0.1, 0.15) is 0 Å². The number of carbonyl (C=O) groups excluding carboxylic acids is 1. The van der Waals surface area contributed by atoms with E-state index >= 15 is 0 Å².